The van der Waals surface area contributed by atoms with Crippen molar-refractivity contribution in [1.82, 2.24) is 0 Å². The maximum absolute atomic E-state index is 7.02. The van der Waals surface area contributed by atoms with Crippen LogP contribution in [0.1, 0.15) is 5.56 Å². The van der Waals surface area contributed by atoms with E-state index in [1.54, 1.807) is 12.1 Å². The second-order valence-electron chi connectivity index (χ2n) is 4.63. The Kier molecular flexibility index (Phi) is 2.81. The number of aryl methyl sites for hydroxylation is 1. The zero-order valence-corrected chi connectivity index (χ0v) is 11.0. The van der Waals surface area contributed by atoms with Gasteiger partial charge in [-0.3, -0.25) is 0 Å². The molecule has 0 spiro atoms. The fourth-order valence-corrected chi connectivity index (χ4v) is 2.17. The molecule has 98 valence electrons. The van der Waals surface area contributed by atoms with Crippen molar-refractivity contribution in [3.05, 3.63) is 59.4 Å². The molecule has 0 atom stereocenters. The average molecular weight is 263 g/mol. The number of rotatable bonds is 2. The molecule has 0 saturated heterocycles. The molecule has 0 unspecified atom stereocenters. The van der Waals surface area contributed by atoms with Gasteiger partial charge in [-0.05, 0) is 30.7 Å². The maximum atomic E-state index is 7.02. The maximum Gasteiger partial charge on any atom is 0.215 e. The summed E-state index contributed by atoms with van der Waals surface area (Å²) in [4.78, 5) is 3.38. The van der Waals surface area contributed by atoms with Gasteiger partial charge in [0.1, 0.15) is 11.3 Å². The molecular weight excluding hydrogens is 250 g/mol. The van der Waals surface area contributed by atoms with Crippen LogP contribution in [-0.2, 0) is 0 Å². The summed E-state index contributed by atoms with van der Waals surface area (Å²) in [5.41, 5.74) is 9.93. The second-order valence-corrected chi connectivity index (χ2v) is 4.63. The number of anilines is 3. The number of fused-ring (bicyclic) bond motifs is 1. The van der Waals surface area contributed by atoms with Crippen molar-refractivity contribution >= 4 is 33.9 Å². The van der Waals surface area contributed by atoms with Crippen molar-refractivity contribution in [1.29, 1.82) is 0 Å². The summed E-state index contributed by atoms with van der Waals surface area (Å²) in [5, 5.41) is 4.15. The van der Waals surface area contributed by atoms with Crippen molar-refractivity contribution < 1.29 is 4.42 Å². The molecule has 0 aliphatic heterocycles. The van der Waals surface area contributed by atoms with Crippen LogP contribution < -0.4 is 11.1 Å². The Bertz CT molecular complexity index is 827. The molecule has 2 aromatic carbocycles. The number of furan rings is 1. The van der Waals surface area contributed by atoms with E-state index >= 15 is 0 Å². The highest BCUT2D eigenvalue weighted by molar-refractivity contribution is 5.99. The molecule has 4 nitrogen and oxygen atoms in total. The molecule has 1 aromatic heterocycles. The number of hydrogen-bond donors (Lipinski definition) is 2. The molecule has 3 N–H and O–H groups in total. The van der Waals surface area contributed by atoms with E-state index in [9.17, 15) is 0 Å². The average Bonchev–Trinajstić information content (AvgIpc) is 2.74. The molecule has 0 amide bonds. The lowest BCUT2D eigenvalue weighted by Gasteiger charge is -2.06. The van der Waals surface area contributed by atoms with Crippen LogP contribution in [0, 0.1) is 13.5 Å². The van der Waals surface area contributed by atoms with E-state index in [1.807, 2.05) is 37.3 Å². The number of hydrogen-bond acceptors (Lipinski definition) is 3. The number of nitrogens with one attached hydrogen (secondary N) is 1. The number of nitrogen functional groups attached to an aromatic ring is 1. The number of nitrogens with two attached hydrogens (primary N) is 1. The predicted molar refractivity (Wildman–Crippen MR) is 81.4 cm³/mol. The van der Waals surface area contributed by atoms with Gasteiger partial charge in [-0.2, -0.15) is 0 Å². The molecule has 0 bridgehead atoms. The molecule has 3 rings (SSSR count). The fraction of sp³-hybridized carbons (Fsp3) is 0.0625. The lowest BCUT2D eigenvalue weighted by Crippen LogP contribution is -1.93. The standard InChI is InChI=1S/C16H13N3O/c1-10-4-3-5-12(8-10)19-15-13-7-6-11(18-2)9-14(13)20-16(15)17/h3-9,19H,17H2,1H3. The summed E-state index contributed by atoms with van der Waals surface area (Å²) in [6.07, 6.45) is 0. The lowest BCUT2D eigenvalue weighted by atomic mass is 10.2. The molecule has 3 aromatic rings. The van der Waals surface area contributed by atoms with Crippen molar-refractivity contribution in [3.8, 4) is 0 Å². The van der Waals surface area contributed by atoms with Crippen LogP contribution in [0.5, 0.6) is 0 Å². The van der Waals surface area contributed by atoms with E-state index in [4.69, 9.17) is 16.7 Å². The van der Waals surface area contributed by atoms with Gasteiger partial charge >= 0.3 is 0 Å². The van der Waals surface area contributed by atoms with Crippen molar-refractivity contribution in [2.45, 2.75) is 6.92 Å². The van der Waals surface area contributed by atoms with Gasteiger partial charge in [0.25, 0.3) is 0 Å². The van der Waals surface area contributed by atoms with Crippen LogP contribution in [0.25, 0.3) is 15.8 Å². The lowest BCUT2D eigenvalue weighted by molar-refractivity contribution is 0.638. The highest BCUT2D eigenvalue weighted by atomic mass is 16.3. The third-order valence-electron chi connectivity index (χ3n) is 3.12. The highest BCUT2D eigenvalue weighted by Gasteiger charge is 2.12. The molecule has 1 heterocycles. The normalized spacial score (nSPS) is 10.4. The molecule has 0 fully saturated rings. The summed E-state index contributed by atoms with van der Waals surface area (Å²) in [6, 6.07) is 13.3. The minimum absolute atomic E-state index is 0.323. The van der Waals surface area contributed by atoms with Gasteiger partial charge in [-0.15, -0.1) is 0 Å². The molecule has 0 aliphatic rings. The van der Waals surface area contributed by atoms with E-state index in [0.29, 0.717) is 17.2 Å². The van der Waals surface area contributed by atoms with Crippen molar-refractivity contribution in [2.24, 2.45) is 0 Å². The van der Waals surface area contributed by atoms with E-state index in [0.717, 1.165) is 22.3 Å². The number of benzene rings is 2. The Balaban J connectivity index is 2.08. The predicted octanol–water partition coefficient (Wildman–Crippen LogP) is 4.62. The van der Waals surface area contributed by atoms with Crippen LogP contribution in [0.3, 0.4) is 0 Å². The summed E-state index contributed by atoms with van der Waals surface area (Å²) in [6.45, 7) is 9.05. The molecular formula is C16H13N3O. The Labute approximate surface area is 116 Å². The number of nitrogens with zero attached hydrogens (tertiary/aromatic N) is 1. The molecule has 0 radical (unpaired) electrons. The van der Waals surface area contributed by atoms with Gasteiger partial charge in [0, 0.05) is 11.1 Å². The zero-order chi connectivity index (χ0) is 14.1. The first-order valence-corrected chi connectivity index (χ1v) is 6.20. The Morgan fingerprint density at radius 2 is 2.05 bits per heavy atom. The van der Waals surface area contributed by atoms with Crippen LogP contribution in [-0.4, -0.2) is 0 Å². The van der Waals surface area contributed by atoms with Crippen molar-refractivity contribution in [2.75, 3.05) is 11.1 Å². The summed E-state index contributed by atoms with van der Waals surface area (Å²) >= 11 is 0. The third-order valence-corrected chi connectivity index (χ3v) is 3.12. The topological polar surface area (TPSA) is 55.5 Å². The quantitative estimate of drug-likeness (QED) is 0.663. The first-order valence-electron chi connectivity index (χ1n) is 6.20. The van der Waals surface area contributed by atoms with Crippen LogP contribution in [0.4, 0.5) is 22.9 Å². The first kappa shape index (κ1) is 12.1. The monoisotopic (exact) mass is 263 g/mol. The minimum atomic E-state index is 0.323. The van der Waals surface area contributed by atoms with Crippen molar-refractivity contribution in [3.63, 3.8) is 0 Å². The van der Waals surface area contributed by atoms with Crippen LogP contribution in [0.2, 0.25) is 0 Å². The molecule has 4 heteroatoms. The molecule has 0 saturated carbocycles. The summed E-state index contributed by atoms with van der Waals surface area (Å²) < 4.78 is 5.52. The first-order chi connectivity index (χ1) is 9.67. The molecule has 20 heavy (non-hydrogen) atoms. The Hall–Kier alpha value is -2.93. The summed E-state index contributed by atoms with van der Waals surface area (Å²) in [5.74, 6) is 0.323. The van der Waals surface area contributed by atoms with E-state index in [-0.39, 0.29) is 0 Å². The Morgan fingerprint density at radius 3 is 2.80 bits per heavy atom. The summed E-state index contributed by atoms with van der Waals surface area (Å²) in [7, 11) is 0. The fourth-order valence-electron chi connectivity index (χ4n) is 2.17. The van der Waals surface area contributed by atoms with Gasteiger partial charge in [-0.25, -0.2) is 4.85 Å². The van der Waals surface area contributed by atoms with Gasteiger partial charge in [-0.1, -0.05) is 24.3 Å². The van der Waals surface area contributed by atoms with E-state index in [2.05, 4.69) is 10.2 Å². The molecule has 0 aliphatic carbocycles. The van der Waals surface area contributed by atoms with Crippen LogP contribution >= 0.6 is 0 Å². The highest BCUT2D eigenvalue weighted by Crippen LogP contribution is 2.36. The largest absolute Gasteiger partial charge is 0.440 e. The van der Waals surface area contributed by atoms with Gasteiger partial charge in [0.2, 0.25) is 5.88 Å². The SMILES string of the molecule is [C-]#[N+]c1ccc2c(Nc3cccc(C)c3)c(N)oc2c1. The van der Waals surface area contributed by atoms with Gasteiger partial charge < -0.3 is 15.5 Å². The van der Waals surface area contributed by atoms with Gasteiger partial charge in [0.15, 0.2) is 5.69 Å². The van der Waals surface area contributed by atoms with E-state index < -0.39 is 0 Å². The third kappa shape index (κ3) is 2.06. The Morgan fingerprint density at radius 1 is 1.20 bits per heavy atom. The van der Waals surface area contributed by atoms with Gasteiger partial charge in [0.05, 0.1) is 6.57 Å². The second kappa shape index (κ2) is 4.63. The minimum Gasteiger partial charge on any atom is -0.440 e. The zero-order valence-electron chi connectivity index (χ0n) is 11.0. The van der Waals surface area contributed by atoms with Crippen LogP contribution in [0.15, 0.2) is 46.9 Å². The smallest absolute Gasteiger partial charge is 0.215 e. The van der Waals surface area contributed by atoms with E-state index in [1.165, 1.54) is 0 Å².